The van der Waals surface area contributed by atoms with Crippen LogP contribution in [-0.2, 0) is 5.60 Å². The van der Waals surface area contributed by atoms with E-state index in [0.717, 1.165) is 31.7 Å². The molecule has 1 unspecified atom stereocenters. The van der Waals surface area contributed by atoms with Crippen LogP contribution in [-0.4, -0.2) is 5.11 Å². The number of benzene rings is 1. The van der Waals surface area contributed by atoms with Crippen LogP contribution in [0.2, 0.25) is 0 Å². The van der Waals surface area contributed by atoms with Crippen molar-refractivity contribution in [3.05, 3.63) is 35.4 Å². The molecule has 1 atom stereocenters. The Morgan fingerprint density at radius 2 is 1.88 bits per heavy atom. The maximum absolute atomic E-state index is 13.5. The molecule has 0 saturated carbocycles. The van der Waals surface area contributed by atoms with E-state index in [2.05, 4.69) is 6.92 Å². The smallest absolute Gasteiger partial charge is 0.132 e. The Kier molecular flexibility index (Phi) is 5.06. The number of aliphatic hydroxyl groups is 1. The second-order valence-electron chi connectivity index (χ2n) is 4.71. The fourth-order valence-corrected chi connectivity index (χ4v) is 1.96. The van der Waals surface area contributed by atoms with E-state index in [4.69, 9.17) is 0 Å². The summed E-state index contributed by atoms with van der Waals surface area (Å²) in [4.78, 5) is 0. The Bertz CT molecular complexity index is 361. The molecule has 1 aromatic rings. The van der Waals surface area contributed by atoms with E-state index in [9.17, 15) is 13.9 Å². The zero-order chi connectivity index (χ0) is 12.9. The van der Waals surface area contributed by atoms with Crippen molar-refractivity contribution in [2.45, 2.75) is 51.6 Å². The lowest BCUT2D eigenvalue weighted by Crippen LogP contribution is -2.22. The quantitative estimate of drug-likeness (QED) is 0.743. The van der Waals surface area contributed by atoms with Crippen molar-refractivity contribution in [2.24, 2.45) is 0 Å². The van der Waals surface area contributed by atoms with E-state index in [1.807, 2.05) is 0 Å². The van der Waals surface area contributed by atoms with E-state index < -0.39 is 17.2 Å². The summed E-state index contributed by atoms with van der Waals surface area (Å²) in [5.41, 5.74) is -1.04. The number of hydrogen-bond acceptors (Lipinski definition) is 1. The molecule has 0 saturated heterocycles. The third-order valence-electron chi connectivity index (χ3n) is 3.03. The summed E-state index contributed by atoms with van der Waals surface area (Å²) in [5, 5.41) is 10.2. The Balaban J connectivity index is 2.68. The van der Waals surface area contributed by atoms with Crippen molar-refractivity contribution in [1.82, 2.24) is 0 Å². The first-order chi connectivity index (χ1) is 7.97. The number of rotatable bonds is 6. The van der Waals surface area contributed by atoms with E-state index in [1.165, 1.54) is 12.1 Å². The van der Waals surface area contributed by atoms with Gasteiger partial charge in [-0.25, -0.2) is 8.78 Å². The van der Waals surface area contributed by atoms with Crippen molar-refractivity contribution in [2.75, 3.05) is 0 Å². The first-order valence-electron chi connectivity index (χ1n) is 6.15. The van der Waals surface area contributed by atoms with Crippen LogP contribution in [0.15, 0.2) is 18.2 Å². The first kappa shape index (κ1) is 14.1. The lowest BCUT2D eigenvalue weighted by molar-refractivity contribution is 0.0411. The Hall–Kier alpha value is -0.960. The zero-order valence-corrected chi connectivity index (χ0v) is 10.5. The molecule has 0 aliphatic heterocycles. The summed E-state index contributed by atoms with van der Waals surface area (Å²) >= 11 is 0. The normalized spacial score (nSPS) is 14.6. The van der Waals surface area contributed by atoms with Gasteiger partial charge in [-0.05, 0) is 19.4 Å². The predicted molar refractivity (Wildman–Crippen MR) is 64.7 cm³/mol. The van der Waals surface area contributed by atoms with Crippen LogP contribution < -0.4 is 0 Å². The van der Waals surface area contributed by atoms with Crippen LogP contribution >= 0.6 is 0 Å². The maximum Gasteiger partial charge on any atom is 0.132 e. The monoisotopic (exact) mass is 242 g/mol. The molecule has 96 valence electrons. The summed E-state index contributed by atoms with van der Waals surface area (Å²) in [6.07, 6.45) is 4.59. The van der Waals surface area contributed by atoms with Crippen LogP contribution in [0.25, 0.3) is 0 Å². The van der Waals surface area contributed by atoms with Gasteiger partial charge in [-0.15, -0.1) is 0 Å². The van der Waals surface area contributed by atoms with Gasteiger partial charge in [-0.3, -0.25) is 0 Å². The van der Waals surface area contributed by atoms with Gasteiger partial charge in [0.25, 0.3) is 0 Å². The van der Waals surface area contributed by atoms with E-state index >= 15 is 0 Å². The summed E-state index contributed by atoms with van der Waals surface area (Å²) in [7, 11) is 0. The Morgan fingerprint density at radius 1 is 1.18 bits per heavy atom. The lowest BCUT2D eigenvalue weighted by Gasteiger charge is -2.24. The molecule has 0 heterocycles. The second kappa shape index (κ2) is 6.10. The predicted octanol–water partition coefficient (Wildman–Crippen LogP) is 4.14. The van der Waals surface area contributed by atoms with Crippen LogP contribution in [0.5, 0.6) is 0 Å². The largest absolute Gasteiger partial charge is 0.385 e. The number of unbranched alkanes of at least 4 members (excludes halogenated alkanes) is 3. The second-order valence-corrected chi connectivity index (χ2v) is 4.71. The average molecular weight is 242 g/mol. The molecule has 3 heteroatoms. The lowest BCUT2D eigenvalue weighted by atomic mass is 9.89. The van der Waals surface area contributed by atoms with Crippen LogP contribution in [0.3, 0.4) is 0 Å². The number of halogens is 2. The standard InChI is InChI=1S/C14H20F2O/c1-3-4-5-6-9-14(2,17)12-8-7-11(15)10-13(12)16/h7-8,10,17H,3-6,9H2,1-2H3. The molecule has 17 heavy (non-hydrogen) atoms. The van der Waals surface area contributed by atoms with Crippen molar-refractivity contribution in [3.8, 4) is 0 Å². The minimum absolute atomic E-state index is 0.176. The molecule has 1 rings (SSSR count). The molecule has 0 bridgehead atoms. The summed E-state index contributed by atoms with van der Waals surface area (Å²) in [5.74, 6) is -1.29. The topological polar surface area (TPSA) is 20.2 Å². The molecule has 1 N–H and O–H groups in total. The highest BCUT2D eigenvalue weighted by Gasteiger charge is 2.26. The van der Waals surface area contributed by atoms with Crippen molar-refractivity contribution < 1.29 is 13.9 Å². The number of hydrogen-bond donors (Lipinski definition) is 1. The molecule has 0 aliphatic carbocycles. The third-order valence-corrected chi connectivity index (χ3v) is 3.03. The van der Waals surface area contributed by atoms with E-state index in [1.54, 1.807) is 6.92 Å². The first-order valence-corrected chi connectivity index (χ1v) is 6.15. The van der Waals surface area contributed by atoms with Crippen LogP contribution in [0.1, 0.15) is 51.5 Å². The molecular formula is C14H20F2O. The molecular weight excluding hydrogens is 222 g/mol. The Morgan fingerprint density at radius 3 is 2.47 bits per heavy atom. The van der Waals surface area contributed by atoms with Gasteiger partial charge >= 0.3 is 0 Å². The van der Waals surface area contributed by atoms with Crippen LogP contribution in [0.4, 0.5) is 8.78 Å². The van der Waals surface area contributed by atoms with E-state index in [-0.39, 0.29) is 5.56 Å². The van der Waals surface area contributed by atoms with Gasteiger partial charge in [0.15, 0.2) is 0 Å². The van der Waals surface area contributed by atoms with E-state index in [0.29, 0.717) is 6.42 Å². The van der Waals surface area contributed by atoms with Crippen molar-refractivity contribution >= 4 is 0 Å². The van der Waals surface area contributed by atoms with Gasteiger partial charge in [0.1, 0.15) is 11.6 Å². The summed E-state index contributed by atoms with van der Waals surface area (Å²) < 4.78 is 26.3. The highest BCUT2D eigenvalue weighted by molar-refractivity contribution is 5.24. The van der Waals surface area contributed by atoms with Gasteiger partial charge in [-0.2, -0.15) is 0 Å². The fourth-order valence-electron chi connectivity index (χ4n) is 1.96. The highest BCUT2D eigenvalue weighted by atomic mass is 19.1. The van der Waals surface area contributed by atoms with Crippen molar-refractivity contribution in [3.63, 3.8) is 0 Å². The molecule has 0 aromatic heterocycles. The van der Waals surface area contributed by atoms with Gasteiger partial charge in [0, 0.05) is 11.6 Å². The molecule has 0 spiro atoms. The van der Waals surface area contributed by atoms with Gasteiger partial charge < -0.3 is 5.11 Å². The molecule has 1 aromatic carbocycles. The molecule has 0 amide bonds. The average Bonchev–Trinajstić information content (AvgIpc) is 2.24. The Labute approximate surface area is 101 Å². The minimum atomic E-state index is -1.22. The van der Waals surface area contributed by atoms with Gasteiger partial charge in [-0.1, -0.05) is 38.7 Å². The molecule has 0 fully saturated rings. The third kappa shape index (κ3) is 4.08. The zero-order valence-electron chi connectivity index (χ0n) is 10.5. The molecule has 1 nitrogen and oxygen atoms in total. The summed E-state index contributed by atoms with van der Waals surface area (Å²) in [6.45, 7) is 3.69. The molecule has 0 aliphatic rings. The van der Waals surface area contributed by atoms with Gasteiger partial charge in [0.2, 0.25) is 0 Å². The minimum Gasteiger partial charge on any atom is -0.385 e. The molecule has 0 radical (unpaired) electrons. The SMILES string of the molecule is CCCCCCC(C)(O)c1ccc(F)cc1F. The highest BCUT2D eigenvalue weighted by Crippen LogP contribution is 2.29. The summed E-state index contributed by atoms with van der Waals surface area (Å²) in [6, 6.07) is 3.32. The fraction of sp³-hybridized carbons (Fsp3) is 0.571. The maximum atomic E-state index is 13.5. The van der Waals surface area contributed by atoms with Crippen LogP contribution in [0, 0.1) is 11.6 Å². The van der Waals surface area contributed by atoms with Crippen molar-refractivity contribution in [1.29, 1.82) is 0 Å². The van der Waals surface area contributed by atoms with Gasteiger partial charge in [0.05, 0.1) is 5.60 Å².